The van der Waals surface area contributed by atoms with E-state index in [0.717, 1.165) is 87.1 Å². The summed E-state index contributed by atoms with van der Waals surface area (Å²) in [6.07, 6.45) is 1.66. The summed E-state index contributed by atoms with van der Waals surface area (Å²) in [5, 5.41) is 2.17. The van der Waals surface area contributed by atoms with Gasteiger partial charge >= 0.3 is 0 Å². The number of benzene rings is 7. The molecule has 7 aromatic carbocycles. The lowest BCUT2D eigenvalue weighted by Crippen LogP contribution is -2.00. The van der Waals surface area contributed by atoms with Crippen LogP contribution in [0.25, 0.3) is 110 Å². The van der Waals surface area contributed by atoms with Crippen LogP contribution in [-0.4, -0.2) is 29.9 Å². The Balaban J connectivity index is 0.882. The first-order valence-corrected chi connectivity index (χ1v) is 20.2. The smallest absolute Gasteiger partial charge is 0.164 e. The largest absolute Gasteiger partial charge is 0.237 e. The Morgan fingerprint density at radius 1 is 0.339 bits per heavy atom. The molecule has 0 atom stereocenters. The second kappa shape index (κ2) is 14.6. The van der Waals surface area contributed by atoms with Gasteiger partial charge in [0.05, 0.1) is 21.4 Å². The molecule has 0 aliphatic heterocycles. The summed E-state index contributed by atoms with van der Waals surface area (Å²) in [6, 6.07) is 65.0. The van der Waals surface area contributed by atoms with Gasteiger partial charge in [-0.25, -0.2) is 29.9 Å². The summed E-state index contributed by atoms with van der Waals surface area (Å²) in [4.78, 5) is 30.2. The summed E-state index contributed by atoms with van der Waals surface area (Å²) < 4.78 is 1.05. The minimum Gasteiger partial charge on any atom is -0.237 e. The van der Waals surface area contributed by atoms with Crippen molar-refractivity contribution in [3.05, 3.63) is 194 Å². The van der Waals surface area contributed by atoms with Crippen molar-refractivity contribution in [1.29, 1.82) is 0 Å². The molecule has 0 amide bonds. The first-order chi connectivity index (χ1) is 29.2. The molecule has 0 N–H and O–H groups in total. The Morgan fingerprint density at radius 2 is 0.797 bits per heavy atom. The number of nitrogens with zero attached hydrogens (tertiary/aromatic N) is 6. The molecule has 0 saturated heterocycles. The molecule has 276 valence electrons. The fourth-order valence-electron chi connectivity index (χ4n) is 7.61. The SMILES string of the molecule is c1ccc(-c2ccc(-c3nc(-c4ccccc4)nc(-c4ccc(-c5cccc(-c6ccc(-c7ncnc8c7sc7nc9ccccc9cc78)cc6)c5)cc4)n3)cc2)cc1. The van der Waals surface area contributed by atoms with Gasteiger partial charge in [-0.15, -0.1) is 11.3 Å². The van der Waals surface area contributed by atoms with Crippen LogP contribution in [0.2, 0.25) is 0 Å². The molecule has 0 bridgehead atoms. The fourth-order valence-corrected chi connectivity index (χ4v) is 8.74. The van der Waals surface area contributed by atoms with Crippen molar-refractivity contribution in [2.45, 2.75) is 0 Å². The van der Waals surface area contributed by atoms with Crippen molar-refractivity contribution in [2.75, 3.05) is 0 Å². The van der Waals surface area contributed by atoms with Gasteiger partial charge in [-0.3, -0.25) is 0 Å². The van der Waals surface area contributed by atoms with Crippen molar-refractivity contribution in [2.24, 2.45) is 0 Å². The Kier molecular flexibility index (Phi) is 8.56. The van der Waals surface area contributed by atoms with Crippen molar-refractivity contribution >= 4 is 42.7 Å². The summed E-state index contributed by atoms with van der Waals surface area (Å²) in [7, 11) is 0. The van der Waals surface area contributed by atoms with E-state index in [2.05, 4.69) is 145 Å². The van der Waals surface area contributed by atoms with Crippen LogP contribution in [0.5, 0.6) is 0 Å². The average Bonchev–Trinajstić information content (AvgIpc) is 3.69. The van der Waals surface area contributed by atoms with E-state index in [-0.39, 0.29) is 0 Å². The summed E-state index contributed by atoms with van der Waals surface area (Å²) in [5.74, 6) is 1.90. The summed E-state index contributed by atoms with van der Waals surface area (Å²) in [6.45, 7) is 0. The zero-order chi connectivity index (χ0) is 39.1. The van der Waals surface area contributed by atoms with E-state index in [4.69, 9.17) is 24.9 Å². The van der Waals surface area contributed by atoms with Crippen LogP contribution in [0.3, 0.4) is 0 Å². The minimum atomic E-state index is 0.627. The molecule has 11 rings (SSSR count). The molecule has 0 unspecified atom stereocenters. The van der Waals surface area contributed by atoms with Crippen LogP contribution in [-0.2, 0) is 0 Å². The molecule has 4 aromatic heterocycles. The number of para-hydroxylation sites is 1. The first-order valence-electron chi connectivity index (χ1n) is 19.4. The number of hydrogen-bond acceptors (Lipinski definition) is 7. The van der Waals surface area contributed by atoms with Crippen molar-refractivity contribution < 1.29 is 0 Å². The second-order valence-electron chi connectivity index (χ2n) is 14.4. The molecule has 0 aliphatic carbocycles. The molecule has 6 nitrogen and oxygen atoms in total. The van der Waals surface area contributed by atoms with E-state index >= 15 is 0 Å². The Morgan fingerprint density at radius 3 is 1.41 bits per heavy atom. The number of pyridine rings is 1. The van der Waals surface area contributed by atoms with Crippen molar-refractivity contribution in [1.82, 2.24) is 29.9 Å². The third-order valence-electron chi connectivity index (χ3n) is 10.7. The maximum atomic E-state index is 4.99. The third kappa shape index (κ3) is 6.59. The van der Waals surface area contributed by atoms with E-state index in [1.165, 1.54) is 5.56 Å². The van der Waals surface area contributed by atoms with Crippen LogP contribution < -0.4 is 0 Å². The van der Waals surface area contributed by atoms with Gasteiger partial charge in [0.2, 0.25) is 0 Å². The topological polar surface area (TPSA) is 77.3 Å². The number of thiophene rings is 1. The molecule has 59 heavy (non-hydrogen) atoms. The van der Waals surface area contributed by atoms with Crippen LogP contribution in [0.1, 0.15) is 0 Å². The monoisotopic (exact) mass is 772 g/mol. The van der Waals surface area contributed by atoms with Gasteiger partial charge < -0.3 is 0 Å². The van der Waals surface area contributed by atoms with Crippen LogP contribution in [0.4, 0.5) is 0 Å². The molecule has 0 aliphatic rings. The van der Waals surface area contributed by atoms with Gasteiger partial charge in [0.15, 0.2) is 17.5 Å². The molecule has 0 saturated carbocycles. The summed E-state index contributed by atoms with van der Waals surface area (Å²) >= 11 is 1.65. The van der Waals surface area contributed by atoms with Gasteiger partial charge in [-0.1, -0.05) is 170 Å². The van der Waals surface area contributed by atoms with Gasteiger partial charge in [-0.05, 0) is 51.6 Å². The molecule has 7 heteroatoms. The van der Waals surface area contributed by atoms with E-state index < -0.39 is 0 Å². The molecular formula is C52H32N6S. The van der Waals surface area contributed by atoms with E-state index in [9.17, 15) is 0 Å². The van der Waals surface area contributed by atoms with Crippen LogP contribution >= 0.6 is 11.3 Å². The molecular weight excluding hydrogens is 741 g/mol. The number of rotatable bonds is 7. The average molecular weight is 773 g/mol. The van der Waals surface area contributed by atoms with Gasteiger partial charge in [0.25, 0.3) is 0 Å². The third-order valence-corrected chi connectivity index (χ3v) is 11.8. The maximum absolute atomic E-state index is 4.99. The lowest BCUT2D eigenvalue weighted by atomic mass is 9.97. The van der Waals surface area contributed by atoms with Crippen LogP contribution in [0, 0.1) is 0 Å². The predicted octanol–water partition coefficient (Wildman–Crippen LogP) is 13.2. The van der Waals surface area contributed by atoms with Gasteiger partial charge in [0.1, 0.15) is 11.2 Å². The minimum absolute atomic E-state index is 0.627. The van der Waals surface area contributed by atoms with Crippen LogP contribution in [0.15, 0.2) is 194 Å². The number of aromatic nitrogens is 6. The molecule has 0 radical (unpaired) electrons. The molecule has 0 fully saturated rings. The highest BCUT2D eigenvalue weighted by Crippen LogP contribution is 2.39. The van der Waals surface area contributed by atoms with Crippen molar-refractivity contribution in [3.63, 3.8) is 0 Å². The maximum Gasteiger partial charge on any atom is 0.164 e. The van der Waals surface area contributed by atoms with Crippen molar-refractivity contribution in [3.8, 4) is 78.8 Å². The Labute approximate surface area is 344 Å². The molecule has 11 aromatic rings. The fraction of sp³-hybridized carbons (Fsp3) is 0. The lowest BCUT2D eigenvalue weighted by molar-refractivity contribution is 1.07. The Bertz CT molecular complexity index is 3290. The van der Waals surface area contributed by atoms with Gasteiger partial charge in [0, 0.05) is 33.0 Å². The molecule has 4 heterocycles. The number of fused-ring (bicyclic) bond motifs is 4. The second-order valence-corrected chi connectivity index (χ2v) is 15.4. The first kappa shape index (κ1) is 34.5. The highest BCUT2D eigenvalue weighted by Gasteiger charge is 2.16. The standard InChI is InChI=1S/C52H32N6S/c1-3-10-33(11-4-1)34-20-26-39(27-21-34)50-56-49(38-12-5-2-6-13-38)57-51(58-50)40-28-22-36(23-29-40)42-16-9-15-41(30-42)35-18-24-37(25-19-35)46-48-47(54-32-53-46)44-31-43-14-7-8-17-45(43)55-52(44)59-48/h1-32H. The number of hydrogen-bond donors (Lipinski definition) is 0. The van der Waals surface area contributed by atoms with E-state index in [1.54, 1.807) is 17.7 Å². The van der Waals surface area contributed by atoms with E-state index in [0.29, 0.717) is 17.5 Å². The highest BCUT2D eigenvalue weighted by atomic mass is 32.1. The van der Waals surface area contributed by atoms with Gasteiger partial charge in [-0.2, -0.15) is 0 Å². The Hall–Kier alpha value is -7.74. The quantitative estimate of drug-likeness (QED) is 0.161. The zero-order valence-electron chi connectivity index (χ0n) is 31.6. The van der Waals surface area contributed by atoms with E-state index in [1.807, 2.05) is 48.5 Å². The molecule has 0 spiro atoms. The predicted molar refractivity (Wildman–Crippen MR) is 242 cm³/mol. The summed E-state index contributed by atoms with van der Waals surface area (Å²) in [5.41, 5.74) is 13.5. The zero-order valence-corrected chi connectivity index (χ0v) is 32.4. The normalized spacial score (nSPS) is 11.4. The lowest BCUT2D eigenvalue weighted by Gasteiger charge is -2.10. The highest BCUT2D eigenvalue weighted by molar-refractivity contribution is 7.25.